The fourth-order valence-electron chi connectivity index (χ4n) is 5.04. The first kappa shape index (κ1) is 26.9. The topological polar surface area (TPSA) is 60.8 Å². The number of rotatable bonds is 8. The van der Waals surface area contributed by atoms with Crippen LogP contribution in [0.1, 0.15) is 5.56 Å². The first-order valence-electron chi connectivity index (χ1n) is 14.5. The Morgan fingerprint density at radius 3 is 1.57 bits per heavy atom. The van der Waals surface area contributed by atoms with Gasteiger partial charge in [0.25, 0.3) is 0 Å². The summed E-state index contributed by atoms with van der Waals surface area (Å²) in [6.07, 6.45) is 0. The molecule has 44 heavy (non-hydrogen) atoms. The molecular weight excluding hydrogens is 540 g/mol. The van der Waals surface area contributed by atoms with Crippen LogP contribution in [0.5, 0.6) is 5.75 Å². The second-order valence-electron chi connectivity index (χ2n) is 10.3. The van der Waals surface area contributed by atoms with E-state index in [4.69, 9.17) is 24.7 Å². The lowest BCUT2D eigenvalue weighted by atomic mass is 10.0. The molecule has 0 bridgehead atoms. The smallest absolute Gasteiger partial charge is 0.164 e. The Labute approximate surface area is 256 Å². The zero-order chi connectivity index (χ0) is 29.6. The first-order chi connectivity index (χ1) is 21.8. The molecular formula is C39H28N4O. The molecule has 2 heterocycles. The minimum atomic E-state index is 0.488. The Kier molecular flexibility index (Phi) is 7.66. The number of benzene rings is 5. The van der Waals surface area contributed by atoms with Crippen LogP contribution in [0.15, 0.2) is 158 Å². The molecule has 7 rings (SSSR count). The highest BCUT2D eigenvalue weighted by atomic mass is 16.5. The average molecular weight is 569 g/mol. The predicted molar refractivity (Wildman–Crippen MR) is 176 cm³/mol. The van der Waals surface area contributed by atoms with Crippen molar-refractivity contribution in [2.24, 2.45) is 0 Å². The van der Waals surface area contributed by atoms with Gasteiger partial charge in [0.2, 0.25) is 0 Å². The van der Waals surface area contributed by atoms with Crippen molar-refractivity contribution < 1.29 is 4.74 Å². The SMILES string of the molecule is c1ccc(COc2ccccc2-c2cccc(-c3cccc(-c4nc(-c5ccccc5)nc(-c5ccccc5)n4)c3)n2)cc1. The van der Waals surface area contributed by atoms with E-state index in [9.17, 15) is 0 Å². The summed E-state index contributed by atoms with van der Waals surface area (Å²) in [6, 6.07) is 52.5. The summed E-state index contributed by atoms with van der Waals surface area (Å²) >= 11 is 0. The minimum absolute atomic E-state index is 0.488. The maximum atomic E-state index is 6.23. The van der Waals surface area contributed by atoms with Crippen molar-refractivity contribution in [3.8, 4) is 62.4 Å². The predicted octanol–water partition coefficient (Wildman–Crippen LogP) is 9.18. The molecule has 0 fully saturated rings. The van der Waals surface area contributed by atoms with Gasteiger partial charge >= 0.3 is 0 Å². The minimum Gasteiger partial charge on any atom is -0.488 e. The van der Waals surface area contributed by atoms with E-state index in [1.54, 1.807) is 0 Å². The Morgan fingerprint density at radius 1 is 0.386 bits per heavy atom. The molecule has 0 atom stereocenters. The van der Waals surface area contributed by atoms with Crippen molar-refractivity contribution >= 4 is 0 Å². The highest BCUT2D eigenvalue weighted by molar-refractivity contribution is 5.74. The van der Waals surface area contributed by atoms with Crippen molar-refractivity contribution in [2.45, 2.75) is 6.61 Å². The summed E-state index contributed by atoms with van der Waals surface area (Å²) in [7, 11) is 0. The van der Waals surface area contributed by atoms with Gasteiger partial charge in [0.15, 0.2) is 17.5 Å². The van der Waals surface area contributed by atoms with Crippen molar-refractivity contribution in [3.63, 3.8) is 0 Å². The van der Waals surface area contributed by atoms with Gasteiger partial charge in [0.05, 0.1) is 11.4 Å². The molecule has 7 aromatic rings. The summed E-state index contributed by atoms with van der Waals surface area (Å²) in [5, 5.41) is 0. The van der Waals surface area contributed by atoms with Gasteiger partial charge in [-0.1, -0.05) is 127 Å². The van der Waals surface area contributed by atoms with Gasteiger partial charge in [-0.05, 0) is 35.9 Å². The van der Waals surface area contributed by atoms with E-state index in [0.29, 0.717) is 24.1 Å². The van der Waals surface area contributed by atoms with Crippen LogP contribution in [-0.2, 0) is 6.61 Å². The highest BCUT2D eigenvalue weighted by Gasteiger charge is 2.14. The zero-order valence-electron chi connectivity index (χ0n) is 23.9. The molecule has 0 unspecified atom stereocenters. The summed E-state index contributed by atoms with van der Waals surface area (Å²) < 4.78 is 6.23. The van der Waals surface area contributed by atoms with Gasteiger partial charge in [0.1, 0.15) is 12.4 Å². The molecule has 0 radical (unpaired) electrons. The van der Waals surface area contributed by atoms with Crippen molar-refractivity contribution in [3.05, 3.63) is 163 Å². The van der Waals surface area contributed by atoms with Gasteiger partial charge in [-0.2, -0.15) is 0 Å². The zero-order valence-corrected chi connectivity index (χ0v) is 23.9. The summed E-state index contributed by atoms with van der Waals surface area (Å²) in [6.45, 7) is 0.488. The summed E-state index contributed by atoms with van der Waals surface area (Å²) in [5.41, 5.74) is 7.48. The van der Waals surface area contributed by atoms with Crippen LogP contribution < -0.4 is 4.74 Å². The largest absolute Gasteiger partial charge is 0.488 e. The maximum absolute atomic E-state index is 6.23. The summed E-state index contributed by atoms with van der Waals surface area (Å²) in [4.78, 5) is 19.7. The molecule has 5 aromatic carbocycles. The quantitative estimate of drug-likeness (QED) is 0.183. The van der Waals surface area contributed by atoms with Crippen molar-refractivity contribution in [1.82, 2.24) is 19.9 Å². The normalized spacial score (nSPS) is 10.8. The number of ether oxygens (including phenoxy) is 1. The van der Waals surface area contributed by atoms with Crippen LogP contribution in [-0.4, -0.2) is 19.9 Å². The van der Waals surface area contributed by atoms with Crippen molar-refractivity contribution in [2.75, 3.05) is 0 Å². The molecule has 0 amide bonds. The molecule has 210 valence electrons. The van der Waals surface area contributed by atoms with Crippen LogP contribution in [0, 0.1) is 0 Å². The molecule has 5 heteroatoms. The number of aromatic nitrogens is 4. The second-order valence-corrected chi connectivity index (χ2v) is 10.3. The molecule has 0 spiro atoms. The standard InChI is InChI=1S/C39H28N4O/c1-4-14-28(15-5-1)27-44-36-25-11-10-22-33(36)35-24-13-23-34(40-35)31-20-12-21-32(26-31)39-42-37(29-16-6-2-7-17-29)41-38(43-39)30-18-8-3-9-19-30/h1-26H,27H2. The van der Waals surface area contributed by atoms with Crippen molar-refractivity contribution in [1.29, 1.82) is 0 Å². The van der Waals surface area contributed by atoms with Crippen LogP contribution >= 0.6 is 0 Å². The Hall–Kier alpha value is -5.94. The van der Waals surface area contributed by atoms with E-state index in [2.05, 4.69) is 24.3 Å². The molecule has 0 aliphatic rings. The third-order valence-corrected chi connectivity index (χ3v) is 7.27. The van der Waals surface area contributed by atoms with E-state index < -0.39 is 0 Å². The monoisotopic (exact) mass is 568 g/mol. The van der Waals surface area contributed by atoms with E-state index in [1.807, 2.05) is 133 Å². The van der Waals surface area contributed by atoms with Gasteiger partial charge in [-0.3, -0.25) is 0 Å². The van der Waals surface area contributed by atoms with Crippen LogP contribution in [0.2, 0.25) is 0 Å². The third-order valence-electron chi connectivity index (χ3n) is 7.27. The first-order valence-corrected chi connectivity index (χ1v) is 14.5. The Bertz CT molecular complexity index is 1950. The van der Waals surface area contributed by atoms with Crippen LogP contribution in [0.4, 0.5) is 0 Å². The third kappa shape index (κ3) is 5.98. The number of hydrogen-bond donors (Lipinski definition) is 0. The Morgan fingerprint density at radius 2 is 0.886 bits per heavy atom. The molecule has 0 saturated carbocycles. The maximum Gasteiger partial charge on any atom is 0.164 e. The van der Waals surface area contributed by atoms with Gasteiger partial charge in [0, 0.05) is 27.8 Å². The lowest BCUT2D eigenvalue weighted by molar-refractivity contribution is 0.307. The molecule has 5 nitrogen and oxygen atoms in total. The van der Waals surface area contributed by atoms with Gasteiger partial charge in [-0.25, -0.2) is 19.9 Å². The fourth-order valence-corrected chi connectivity index (χ4v) is 5.04. The number of hydrogen-bond acceptors (Lipinski definition) is 5. The van der Waals surface area contributed by atoms with Gasteiger partial charge in [-0.15, -0.1) is 0 Å². The van der Waals surface area contributed by atoms with E-state index in [-0.39, 0.29) is 0 Å². The van der Waals surface area contributed by atoms with E-state index >= 15 is 0 Å². The number of para-hydroxylation sites is 1. The van der Waals surface area contributed by atoms with Crippen LogP contribution in [0.25, 0.3) is 56.7 Å². The average Bonchev–Trinajstić information content (AvgIpc) is 3.12. The molecule has 0 N–H and O–H groups in total. The lowest BCUT2D eigenvalue weighted by Crippen LogP contribution is -2.00. The number of pyridine rings is 1. The summed E-state index contributed by atoms with van der Waals surface area (Å²) in [5.74, 6) is 2.66. The molecule has 2 aromatic heterocycles. The van der Waals surface area contributed by atoms with E-state index in [1.165, 1.54) is 0 Å². The molecule has 0 aliphatic carbocycles. The van der Waals surface area contributed by atoms with E-state index in [0.717, 1.165) is 50.5 Å². The number of nitrogens with zero attached hydrogens (tertiary/aromatic N) is 4. The Balaban J connectivity index is 1.24. The lowest BCUT2D eigenvalue weighted by Gasteiger charge is -2.12. The second kappa shape index (κ2) is 12.5. The molecule has 0 aliphatic heterocycles. The highest BCUT2D eigenvalue weighted by Crippen LogP contribution is 2.32. The molecule has 0 saturated heterocycles. The van der Waals surface area contributed by atoms with Gasteiger partial charge < -0.3 is 4.74 Å². The fraction of sp³-hybridized carbons (Fsp3) is 0.0256. The van der Waals surface area contributed by atoms with Crippen LogP contribution in [0.3, 0.4) is 0 Å².